The van der Waals surface area contributed by atoms with Gasteiger partial charge >= 0.3 is 0 Å². The molecule has 0 atom stereocenters. The van der Waals surface area contributed by atoms with Gasteiger partial charge in [-0.15, -0.1) is 0 Å². The molecular formula is C20H21ClN4O2. The summed E-state index contributed by atoms with van der Waals surface area (Å²) in [5.74, 6) is 1.01. The Hall–Kier alpha value is -2.73. The lowest BCUT2D eigenvalue weighted by Gasteiger charge is -2.21. The summed E-state index contributed by atoms with van der Waals surface area (Å²) in [5.41, 5.74) is 2.10. The van der Waals surface area contributed by atoms with Crippen molar-refractivity contribution in [2.24, 2.45) is 0 Å². The molecule has 6 nitrogen and oxygen atoms in total. The standard InChI is InChI=1S/C20H21ClN4O2/c1-13-22-9-16(10-23-13)15-7-5-14(6-8-15)12-27-17-11-24-25(20(2,3)4)19(26)18(17)21/h5-11H,12H2,1-4H3. The summed E-state index contributed by atoms with van der Waals surface area (Å²) < 4.78 is 7.05. The van der Waals surface area contributed by atoms with Crippen LogP contribution in [-0.2, 0) is 12.1 Å². The Morgan fingerprint density at radius 2 is 1.67 bits per heavy atom. The fourth-order valence-electron chi connectivity index (χ4n) is 2.49. The maximum atomic E-state index is 12.3. The lowest BCUT2D eigenvalue weighted by molar-refractivity contribution is 0.292. The second kappa shape index (κ2) is 7.48. The van der Waals surface area contributed by atoms with E-state index in [1.54, 1.807) is 12.4 Å². The maximum Gasteiger partial charge on any atom is 0.289 e. The molecule has 0 aliphatic carbocycles. The van der Waals surface area contributed by atoms with Crippen LogP contribution in [0.2, 0.25) is 5.02 Å². The van der Waals surface area contributed by atoms with Gasteiger partial charge in [0.25, 0.3) is 5.56 Å². The Morgan fingerprint density at radius 3 is 2.26 bits per heavy atom. The van der Waals surface area contributed by atoms with E-state index in [0.717, 1.165) is 22.5 Å². The van der Waals surface area contributed by atoms with Crippen LogP contribution in [-0.4, -0.2) is 19.7 Å². The molecule has 0 amide bonds. The van der Waals surface area contributed by atoms with Crippen LogP contribution in [0, 0.1) is 6.92 Å². The Kier molecular flexibility index (Phi) is 5.28. The van der Waals surface area contributed by atoms with E-state index < -0.39 is 5.54 Å². The van der Waals surface area contributed by atoms with Gasteiger partial charge in [0.05, 0.1) is 11.7 Å². The molecule has 0 unspecified atom stereocenters. The van der Waals surface area contributed by atoms with Gasteiger partial charge in [-0.1, -0.05) is 35.9 Å². The van der Waals surface area contributed by atoms with Crippen LogP contribution in [0.3, 0.4) is 0 Å². The van der Waals surface area contributed by atoms with E-state index in [1.807, 2.05) is 52.0 Å². The zero-order valence-corrected chi connectivity index (χ0v) is 16.5. The van der Waals surface area contributed by atoms with Crippen molar-refractivity contribution in [3.8, 4) is 16.9 Å². The Balaban J connectivity index is 1.73. The van der Waals surface area contributed by atoms with Crippen LogP contribution in [0.1, 0.15) is 32.2 Å². The summed E-state index contributed by atoms with van der Waals surface area (Å²) in [6, 6.07) is 7.86. The summed E-state index contributed by atoms with van der Waals surface area (Å²) in [6.07, 6.45) is 5.07. The van der Waals surface area contributed by atoms with Gasteiger partial charge in [0.2, 0.25) is 0 Å². The molecule has 140 valence electrons. The summed E-state index contributed by atoms with van der Waals surface area (Å²) >= 11 is 6.18. The predicted octanol–water partition coefficient (Wildman–Crippen LogP) is 4.00. The molecule has 0 spiro atoms. The van der Waals surface area contributed by atoms with Crippen molar-refractivity contribution >= 4 is 11.6 Å². The van der Waals surface area contributed by atoms with Gasteiger partial charge in [-0.25, -0.2) is 14.6 Å². The lowest BCUT2D eigenvalue weighted by atomic mass is 10.1. The number of hydrogen-bond acceptors (Lipinski definition) is 5. The summed E-state index contributed by atoms with van der Waals surface area (Å²) in [7, 11) is 0. The summed E-state index contributed by atoms with van der Waals surface area (Å²) in [6.45, 7) is 7.80. The van der Waals surface area contributed by atoms with Crippen LogP contribution < -0.4 is 10.3 Å². The van der Waals surface area contributed by atoms with Crippen LogP contribution in [0.4, 0.5) is 0 Å². The molecule has 0 saturated carbocycles. The van der Waals surface area contributed by atoms with Crippen LogP contribution in [0.5, 0.6) is 5.75 Å². The number of aryl methyl sites for hydroxylation is 1. The fourth-order valence-corrected chi connectivity index (χ4v) is 2.68. The van der Waals surface area contributed by atoms with Crippen molar-refractivity contribution in [2.45, 2.75) is 39.8 Å². The molecule has 3 aromatic rings. The first-order valence-electron chi connectivity index (χ1n) is 8.55. The molecule has 27 heavy (non-hydrogen) atoms. The largest absolute Gasteiger partial charge is 0.485 e. The first-order valence-corrected chi connectivity index (χ1v) is 8.92. The molecule has 2 heterocycles. The minimum absolute atomic E-state index is 0.0355. The van der Waals surface area contributed by atoms with Crippen molar-refractivity contribution in [3.05, 3.63) is 69.6 Å². The van der Waals surface area contributed by atoms with E-state index in [0.29, 0.717) is 0 Å². The Bertz CT molecular complexity index is 990. The molecule has 3 rings (SSSR count). The summed E-state index contributed by atoms with van der Waals surface area (Å²) in [4.78, 5) is 20.8. The monoisotopic (exact) mass is 384 g/mol. The highest BCUT2D eigenvalue weighted by atomic mass is 35.5. The average molecular weight is 385 g/mol. The SMILES string of the molecule is Cc1ncc(-c2ccc(COc3cnn(C(C)(C)C)c(=O)c3Cl)cc2)cn1. The Morgan fingerprint density at radius 1 is 1.04 bits per heavy atom. The van der Waals surface area contributed by atoms with Gasteiger partial charge in [0, 0.05) is 18.0 Å². The summed E-state index contributed by atoms with van der Waals surface area (Å²) in [5, 5.41) is 4.20. The number of nitrogens with zero attached hydrogens (tertiary/aromatic N) is 4. The zero-order valence-electron chi connectivity index (χ0n) is 15.7. The molecule has 1 aromatic carbocycles. The third kappa shape index (κ3) is 4.34. The molecule has 7 heteroatoms. The number of ether oxygens (including phenoxy) is 1. The molecule has 0 fully saturated rings. The number of benzene rings is 1. The van der Waals surface area contributed by atoms with Crippen molar-refractivity contribution < 1.29 is 4.74 Å². The number of aromatic nitrogens is 4. The third-order valence-corrected chi connectivity index (χ3v) is 4.33. The second-order valence-electron chi connectivity index (χ2n) is 7.22. The predicted molar refractivity (Wildman–Crippen MR) is 105 cm³/mol. The van der Waals surface area contributed by atoms with E-state index in [2.05, 4.69) is 15.1 Å². The third-order valence-electron chi connectivity index (χ3n) is 3.98. The minimum Gasteiger partial charge on any atom is -0.485 e. The molecule has 0 N–H and O–H groups in total. The second-order valence-corrected chi connectivity index (χ2v) is 7.59. The number of rotatable bonds is 4. The quantitative estimate of drug-likeness (QED) is 0.680. The van der Waals surface area contributed by atoms with Gasteiger partial charge in [0.15, 0.2) is 10.8 Å². The van der Waals surface area contributed by atoms with Gasteiger partial charge in [-0.2, -0.15) is 5.10 Å². The smallest absolute Gasteiger partial charge is 0.289 e. The van der Waals surface area contributed by atoms with Crippen LogP contribution in [0.15, 0.2) is 47.7 Å². The van der Waals surface area contributed by atoms with Crippen LogP contribution >= 0.6 is 11.6 Å². The maximum absolute atomic E-state index is 12.3. The van der Waals surface area contributed by atoms with Crippen molar-refractivity contribution in [2.75, 3.05) is 0 Å². The van der Waals surface area contributed by atoms with Gasteiger partial charge in [-0.3, -0.25) is 4.79 Å². The van der Waals surface area contributed by atoms with E-state index in [1.165, 1.54) is 10.9 Å². The van der Waals surface area contributed by atoms with E-state index in [-0.39, 0.29) is 22.9 Å². The average Bonchev–Trinajstić information content (AvgIpc) is 2.63. The van der Waals surface area contributed by atoms with Gasteiger partial charge in [-0.05, 0) is 38.8 Å². The highest BCUT2D eigenvalue weighted by Crippen LogP contribution is 2.23. The molecule has 0 bridgehead atoms. The molecule has 0 aliphatic heterocycles. The highest BCUT2D eigenvalue weighted by molar-refractivity contribution is 6.31. The normalized spacial score (nSPS) is 11.4. The van der Waals surface area contributed by atoms with Crippen molar-refractivity contribution in [3.63, 3.8) is 0 Å². The van der Waals surface area contributed by atoms with Crippen LogP contribution in [0.25, 0.3) is 11.1 Å². The lowest BCUT2D eigenvalue weighted by Crippen LogP contribution is -2.36. The fraction of sp³-hybridized carbons (Fsp3) is 0.300. The molecule has 0 aliphatic rings. The highest BCUT2D eigenvalue weighted by Gasteiger charge is 2.19. The zero-order chi connectivity index (χ0) is 19.6. The molecule has 0 radical (unpaired) electrons. The Labute approximate surface area is 162 Å². The number of hydrogen-bond donors (Lipinski definition) is 0. The first-order chi connectivity index (χ1) is 12.8. The molecule has 2 aromatic heterocycles. The minimum atomic E-state index is -0.450. The van der Waals surface area contributed by atoms with Gasteiger partial charge in [0.1, 0.15) is 12.4 Å². The number of halogens is 1. The first kappa shape index (κ1) is 19.0. The van der Waals surface area contributed by atoms with E-state index in [9.17, 15) is 4.79 Å². The van der Waals surface area contributed by atoms with E-state index >= 15 is 0 Å². The van der Waals surface area contributed by atoms with Gasteiger partial charge < -0.3 is 4.74 Å². The molecular weight excluding hydrogens is 364 g/mol. The van der Waals surface area contributed by atoms with E-state index in [4.69, 9.17) is 16.3 Å². The molecule has 0 saturated heterocycles. The van der Waals surface area contributed by atoms with Crippen molar-refractivity contribution in [1.29, 1.82) is 0 Å². The van der Waals surface area contributed by atoms with Crippen molar-refractivity contribution in [1.82, 2.24) is 19.7 Å². The topological polar surface area (TPSA) is 69.9 Å².